The molecule has 1 N–H and O–H groups in total. The summed E-state index contributed by atoms with van der Waals surface area (Å²) in [4.78, 5) is 36.1. The van der Waals surface area contributed by atoms with Crippen molar-refractivity contribution in [1.82, 2.24) is 19.2 Å². The van der Waals surface area contributed by atoms with Gasteiger partial charge in [-0.1, -0.05) is 49.3 Å². The van der Waals surface area contributed by atoms with Crippen molar-refractivity contribution in [3.63, 3.8) is 0 Å². The summed E-state index contributed by atoms with van der Waals surface area (Å²) in [5.74, 6) is 0.411. The molecule has 35 heavy (non-hydrogen) atoms. The molecule has 1 aliphatic carbocycles. The summed E-state index contributed by atoms with van der Waals surface area (Å²) in [6, 6.07) is 5.64. The third-order valence-corrected chi connectivity index (χ3v) is 8.19. The van der Waals surface area contributed by atoms with Crippen LogP contribution >= 0.6 is 24.0 Å². The molecule has 1 amide bonds. The molecule has 0 spiro atoms. The summed E-state index contributed by atoms with van der Waals surface area (Å²) in [6.45, 7) is 5.08. The van der Waals surface area contributed by atoms with Crippen LogP contribution in [-0.2, 0) is 9.53 Å². The number of hydrogen-bond acceptors (Lipinski definition) is 8. The standard InChI is InChI=1S/C25H31N5O3S2/c31-23-19(17-20-24(32)30(25(34)35-20)18-7-2-1-3-8-18)22(27-21-9-4-5-12-29(21)23)26-10-6-11-28-13-15-33-16-14-28/h4-5,9,12,17-18,26H,1-3,6-8,10-11,13-16H2. The summed E-state index contributed by atoms with van der Waals surface area (Å²) in [5, 5.41) is 3.37. The zero-order chi connectivity index (χ0) is 24.2. The molecule has 10 heteroatoms. The Balaban J connectivity index is 1.39. The average molecular weight is 514 g/mol. The lowest BCUT2D eigenvalue weighted by molar-refractivity contribution is -0.124. The molecular formula is C25H31N5O3S2. The minimum Gasteiger partial charge on any atom is -0.379 e. The second kappa shape index (κ2) is 11.2. The van der Waals surface area contributed by atoms with Gasteiger partial charge in [-0.15, -0.1) is 0 Å². The van der Waals surface area contributed by atoms with E-state index in [4.69, 9.17) is 21.9 Å². The highest BCUT2D eigenvalue weighted by atomic mass is 32.2. The van der Waals surface area contributed by atoms with Crippen molar-refractivity contribution in [2.75, 3.05) is 44.7 Å². The molecule has 0 aromatic carbocycles. The van der Waals surface area contributed by atoms with Gasteiger partial charge in [0.15, 0.2) is 0 Å². The van der Waals surface area contributed by atoms with E-state index in [0.29, 0.717) is 32.8 Å². The van der Waals surface area contributed by atoms with Gasteiger partial charge in [-0.3, -0.25) is 23.8 Å². The number of hydrogen-bond donors (Lipinski definition) is 1. The second-order valence-electron chi connectivity index (χ2n) is 9.19. The number of thiocarbonyl (C=S) groups is 1. The van der Waals surface area contributed by atoms with Crippen LogP contribution in [0.5, 0.6) is 0 Å². The van der Waals surface area contributed by atoms with Crippen LogP contribution in [0.1, 0.15) is 44.1 Å². The molecule has 1 saturated carbocycles. The van der Waals surface area contributed by atoms with Crippen molar-refractivity contribution in [1.29, 1.82) is 0 Å². The van der Waals surface area contributed by atoms with Crippen LogP contribution in [0.2, 0.25) is 0 Å². The lowest BCUT2D eigenvalue weighted by Gasteiger charge is -2.29. The number of morpholine rings is 1. The Labute approximate surface area is 214 Å². The lowest BCUT2D eigenvalue weighted by atomic mass is 9.94. The Morgan fingerprint density at radius 1 is 1.17 bits per heavy atom. The molecule has 3 fully saturated rings. The molecule has 0 unspecified atom stereocenters. The summed E-state index contributed by atoms with van der Waals surface area (Å²) < 4.78 is 7.52. The molecule has 2 saturated heterocycles. The Morgan fingerprint density at radius 3 is 2.77 bits per heavy atom. The van der Waals surface area contributed by atoms with Gasteiger partial charge in [-0.25, -0.2) is 4.98 Å². The highest BCUT2D eigenvalue weighted by molar-refractivity contribution is 8.26. The Hall–Kier alpha value is -2.27. The quantitative estimate of drug-likeness (QED) is 0.343. The summed E-state index contributed by atoms with van der Waals surface area (Å²) in [5.41, 5.74) is 0.763. The van der Waals surface area contributed by atoms with E-state index in [1.54, 1.807) is 23.2 Å². The van der Waals surface area contributed by atoms with Gasteiger partial charge in [0.2, 0.25) is 0 Å². The highest BCUT2D eigenvalue weighted by Gasteiger charge is 2.37. The number of pyridine rings is 1. The maximum Gasteiger partial charge on any atom is 0.267 e. The molecule has 0 atom stereocenters. The predicted octanol–water partition coefficient (Wildman–Crippen LogP) is 3.36. The van der Waals surface area contributed by atoms with Crippen LogP contribution in [0, 0.1) is 0 Å². The van der Waals surface area contributed by atoms with E-state index in [1.807, 2.05) is 12.1 Å². The number of thioether (sulfide) groups is 1. The van der Waals surface area contributed by atoms with E-state index in [1.165, 1.54) is 22.6 Å². The molecule has 2 aromatic rings. The van der Waals surface area contributed by atoms with E-state index in [0.717, 1.165) is 65.0 Å². The van der Waals surface area contributed by atoms with Crippen molar-refractivity contribution in [2.45, 2.75) is 44.6 Å². The summed E-state index contributed by atoms with van der Waals surface area (Å²) in [7, 11) is 0. The number of ether oxygens (including phenoxy) is 1. The van der Waals surface area contributed by atoms with Gasteiger partial charge in [-0.2, -0.15) is 0 Å². The predicted molar refractivity (Wildman–Crippen MR) is 144 cm³/mol. The Kier molecular flexibility index (Phi) is 7.81. The third-order valence-electron chi connectivity index (χ3n) is 6.86. The number of anilines is 1. The lowest BCUT2D eigenvalue weighted by Crippen LogP contribution is -2.39. The number of amides is 1. The van der Waals surface area contributed by atoms with Crippen LogP contribution in [0.25, 0.3) is 11.7 Å². The van der Waals surface area contributed by atoms with Crippen molar-refractivity contribution in [2.24, 2.45) is 0 Å². The molecule has 5 rings (SSSR count). The van der Waals surface area contributed by atoms with E-state index >= 15 is 0 Å². The molecular weight excluding hydrogens is 482 g/mol. The fourth-order valence-corrected chi connectivity index (χ4v) is 6.35. The van der Waals surface area contributed by atoms with Crippen molar-refractivity contribution < 1.29 is 9.53 Å². The highest BCUT2D eigenvalue weighted by Crippen LogP contribution is 2.37. The number of carbonyl (C=O) groups is 1. The monoisotopic (exact) mass is 513 g/mol. The van der Waals surface area contributed by atoms with Gasteiger partial charge in [-0.05, 0) is 44.0 Å². The van der Waals surface area contributed by atoms with Crippen molar-refractivity contribution in [3.05, 3.63) is 45.2 Å². The number of rotatable bonds is 7. The van der Waals surface area contributed by atoms with Crippen LogP contribution < -0.4 is 10.9 Å². The first kappa shape index (κ1) is 24.4. The number of nitrogens with one attached hydrogen (secondary N) is 1. The fraction of sp³-hybridized carbons (Fsp3) is 0.520. The summed E-state index contributed by atoms with van der Waals surface area (Å²) >= 11 is 6.87. The van der Waals surface area contributed by atoms with Gasteiger partial charge < -0.3 is 10.1 Å². The molecule has 0 bridgehead atoms. The maximum atomic E-state index is 13.4. The Morgan fingerprint density at radius 2 is 1.97 bits per heavy atom. The Bertz CT molecular complexity index is 1190. The zero-order valence-corrected chi connectivity index (χ0v) is 21.4. The van der Waals surface area contributed by atoms with Gasteiger partial charge in [0.05, 0.1) is 23.7 Å². The molecule has 8 nitrogen and oxygen atoms in total. The largest absolute Gasteiger partial charge is 0.379 e. The molecule has 4 heterocycles. The number of fused-ring (bicyclic) bond motifs is 1. The van der Waals surface area contributed by atoms with Crippen LogP contribution in [0.15, 0.2) is 34.1 Å². The van der Waals surface area contributed by atoms with Crippen molar-refractivity contribution >= 4 is 51.7 Å². The van der Waals surface area contributed by atoms with Gasteiger partial charge in [0.1, 0.15) is 15.8 Å². The molecule has 186 valence electrons. The number of nitrogens with zero attached hydrogens (tertiary/aromatic N) is 4. The van der Waals surface area contributed by atoms with E-state index in [9.17, 15) is 9.59 Å². The minimum atomic E-state index is -0.200. The SMILES string of the molecule is O=C1C(=Cc2c(NCCCN3CCOCC3)nc3ccccn3c2=O)SC(=S)N1C1CCCCC1. The number of carbonyl (C=O) groups excluding carboxylic acids is 1. The zero-order valence-electron chi connectivity index (χ0n) is 19.8. The maximum absolute atomic E-state index is 13.4. The summed E-state index contributed by atoms with van der Waals surface area (Å²) in [6.07, 6.45) is 9.72. The first-order chi connectivity index (χ1) is 17.1. The second-order valence-corrected chi connectivity index (χ2v) is 10.9. The van der Waals surface area contributed by atoms with E-state index in [-0.39, 0.29) is 17.5 Å². The van der Waals surface area contributed by atoms with Gasteiger partial charge in [0, 0.05) is 31.9 Å². The third kappa shape index (κ3) is 5.45. The smallest absolute Gasteiger partial charge is 0.267 e. The topological polar surface area (TPSA) is 79.2 Å². The molecule has 2 aliphatic heterocycles. The normalized spacial score (nSPS) is 21.4. The van der Waals surface area contributed by atoms with Crippen LogP contribution in [-0.4, -0.2) is 74.8 Å². The van der Waals surface area contributed by atoms with Gasteiger partial charge >= 0.3 is 0 Å². The molecule has 3 aliphatic rings. The van der Waals surface area contributed by atoms with Crippen LogP contribution in [0.4, 0.5) is 5.82 Å². The molecule has 2 aromatic heterocycles. The minimum absolute atomic E-state index is 0.0947. The van der Waals surface area contributed by atoms with Crippen molar-refractivity contribution in [3.8, 4) is 0 Å². The fourth-order valence-electron chi connectivity index (χ4n) is 4.97. The first-order valence-electron chi connectivity index (χ1n) is 12.4. The molecule has 0 radical (unpaired) electrons. The van der Waals surface area contributed by atoms with Gasteiger partial charge in [0.25, 0.3) is 11.5 Å². The van der Waals surface area contributed by atoms with E-state index in [2.05, 4.69) is 10.2 Å². The van der Waals surface area contributed by atoms with E-state index < -0.39 is 0 Å². The first-order valence-corrected chi connectivity index (χ1v) is 13.7. The number of aromatic nitrogens is 2. The van der Waals surface area contributed by atoms with Crippen LogP contribution in [0.3, 0.4) is 0 Å². The average Bonchev–Trinajstić information content (AvgIpc) is 3.17.